The van der Waals surface area contributed by atoms with Crippen molar-refractivity contribution < 1.29 is 9.59 Å². The first-order valence-electron chi connectivity index (χ1n) is 7.01. The SMILES string of the molecule is Cc1cccc(C(=O)NC(=S)NCc2ccccc2C(N)=O)c1. The van der Waals surface area contributed by atoms with Crippen molar-refractivity contribution in [2.75, 3.05) is 0 Å². The normalized spacial score (nSPS) is 9.96. The molecule has 2 aromatic rings. The van der Waals surface area contributed by atoms with Gasteiger partial charge in [0, 0.05) is 17.7 Å². The Kier molecular flexibility index (Phi) is 5.43. The second kappa shape index (κ2) is 7.51. The van der Waals surface area contributed by atoms with Gasteiger partial charge in [-0.05, 0) is 42.9 Å². The standard InChI is InChI=1S/C17H17N3O2S/c1-11-5-4-7-12(9-11)16(22)20-17(23)19-10-13-6-2-3-8-14(13)15(18)21/h2-9H,10H2,1H3,(H2,18,21)(H2,19,20,22,23). The van der Waals surface area contributed by atoms with Crippen molar-refractivity contribution in [3.63, 3.8) is 0 Å². The van der Waals surface area contributed by atoms with E-state index in [1.165, 1.54) is 0 Å². The van der Waals surface area contributed by atoms with E-state index in [1.54, 1.807) is 36.4 Å². The lowest BCUT2D eigenvalue weighted by Crippen LogP contribution is -2.39. The van der Waals surface area contributed by atoms with E-state index in [-0.39, 0.29) is 11.0 Å². The van der Waals surface area contributed by atoms with Crippen molar-refractivity contribution in [2.45, 2.75) is 13.5 Å². The van der Waals surface area contributed by atoms with E-state index >= 15 is 0 Å². The molecule has 0 aliphatic carbocycles. The minimum absolute atomic E-state index is 0.191. The van der Waals surface area contributed by atoms with Gasteiger partial charge in [-0.2, -0.15) is 0 Å². The van der Waals surface area contributed by atoms with E-state index in [2.05, 4.69) is 10.6 Å². The van der Waals surface area contributed by atoms with Gasteiger partial charge in [-0.15, -0.1) is 0 Å². The highest BCUT2D eigenvalue weighted by Crippen LogP contribution is 2.07. The lowest BCUT2D eigenvalue weighted by atomic mass is 10.1. The van der Waals surface area contributed by atoms with Crippen molar-refractivity contribution in [3.8, 4) is 0 Å². The second-order valence-electron chi connectivity index (χ2n) is 5.03. The van der Waals surface area contributed by atoms with Gasteiger partial charge in [0.15, 0.2) is 5.11 Å². The van der Waals surface area contributed by atoms with Crippen LogP contribution in [0.1, 0.15) is 31.8 Å². The summed E-state index contributed by atoms with van der Waals surface area (Å²) in [4.78, 5) is 23.4. The van der Waals surface area contributed by atoms with Crippen LogP contribution in [0.25, 0.3) is 0 Å². The van der Waals surface area contributed by atoms with Gasteiger partial charge < -0.3 is 11.1 Å². The number of carbonyl (C=O) groups excluding carboxylic acids is 2. The number of amides is 2. The highest BCUT2D eigenvalue weighted by molar-refractivity contribution is 7.80. The molecule has 0 aromatic heterocycles. The topological polar surface area (TPSA) is 84.2 Å². The molecule has 4 N–H and O–H groups in total. The number of hydrogen-bond acceptors (Lipinski definition) is 3. The molecule has 0 fully saturated rings. The van der Waals surface area contributed by atoms with Crippen molar-refractivity contribution in [3.05, 3.63) is 70.8 Å². The molecule has 6 heteroatoms. The first kappa shape index (κ1) is 16.6. The maximum absolute atomic E-state index is 12.1. The number of rotatable bonds is 4. The van der Waals surface area contributed by atoms with Gasteiger partial charge >= 0.3 is 0 Å². The third-order valence-electron chi connectivity index (χ3n) is 3.23. The molecule has 0 saturated heterocycles. The summed E-state index contributed by atoms with van der Waals surface area (Å²) in [5, 5.41) is 5.70. The van der Waals surface area contributed by atoms with Gasteiger partial charge in [-0.1, -0.05) is 35.9 Å². The molecule has 0 bridgehead atoms. The Morgan fingerprint density at radius 2 is 1.87 bits per heavy atom. The summed E-state index contributed by atoms with van der Waals surface area (Å²) in [6, 6.07) is 14.2. The predicted octanol–water partition coefficient (Wildman–Crippen LogP) is 1.90. The molecule has 2 amide bonds. The van der Waals surface area contributed by atoms with Crippen molar-refractivity contribution in [2.24, 2.45) is 5.73 Å². The number of benzene rings is 2. The van der Waals surface area contributed by atoms with Crippen LogP contribution in [0.4, 0.5) is 0 Å². The zero-order valence-corrected chi connectivity index (χ0v) is 13.4. The molecule has 0 spiro atoms. The Bertz CT molecular complexity index is 759. The van der Waals surface area contributed by atoms with Gasteiger partial charge in [0.25, 0.3) is 5.91 Å². The van der Waals surface area contributed by atoms with Gasteiger partial charge in [0.05, 0.1) is 0 Å². The molecular formula is C17H17N3O2S. The van der Waals surface area contributed by atoms with Crippen LogP contribution in [0, 0.1) is 6.92 Å². The summed E-state index contributed by atoms with van der Waals surface area (Å²) in [5.74, 6) is -0.786. The minimum Gasteiger partial charge on any atom is -0.366 e. The lowest BCUT2D eigenvalue weighted by Gasteiger charge is -2.11. The number of primary amides is 1. The maximum atomic E-state index is 12.1. The van der Waals surface area contributed by atoms with E-state index in [4.69, 9.17) is 18.0 Å². The fourth-order valence-electron chi connectivity index (χ4n) is 2.10. The van der Waals surface area contributed by atoms with Crippen LogP contribution >= 0.6 is 12.2 Å². The summed E-state index contributed by atoms with van der Waals surface area (Å²) in [5.41, 5.74) is 7.99. The highest BCUT2D eigenvalue weighted by Gasteiger charge is 2.10. The fraction of sp³-hybridized carbons (Fsp3) is 0.118. The number of nitrogens with two attached hydrogens (primary N) is 1. The van der Waals surface area contributed by atoms with Crippen LogP contribution in [0.3, 0.4) is 0 Å². The van der Waals surface area contributed by atoms with Crippen LogP contribution in [0.2, 0.25) is 0 Å². The number of thiocarbonyl (C=S) groups is 1. The molecule has 0 aliphatic heterocycles. The predicted molar refractivity (Wildman–Crippen MR) is 93.0 cm³/mol. The minimum atomic E-state index is -0.503. The Morgan fingerprint density at radius 1 is 1.13 bits per heavy atom. The summed E-state index contributed by atoms with van der Waals surface area (Å²) in [6.45, 7) is 2.21. The summed E-state index contributed by atoms with van der Waals surface area (Å²) < 4.78 is 0. The molecule has 0 aliphatic rings. The summed E-state index contributed by atoms with van der Waals surface area (Å²) >= 11 is 5.11. The molecule has 2 aromatic carbocycles. The number of carbonyl (C=O) groups is 2. The molecule has 0 radical (unpaired) electrons. The first-order chi connectivity index (χ1) is 11.0. The number of nitrogens with one attached hydrogen (secondary N) is 2. The first-order valence-corrected chi connectivity index (χ1v) is 7.42. The molecule has 23 heavy (non-hydrogen) atoms. The average Bonchev–Trinajstić information content (AvgIpc) is 2.53. The van der Waals surface area contributed by atoms with E-state index in [1.807, 2.05) is 19.1 Å². The Hall–Kier alpha value is -2.73. The zero-order valence-electron chi connectivity index (χ0n) is 12.6. The van der Waals surface area contributed by atoms with Crippen molar-refractivity contribution in [1.29, 1.82) is 0 Å². The van der Waals surface area contributed by atoms with Crippen LogP contribution in [0.15, 0.2) is 48.5 Å². The van der Waals surface area contributed by atoms with E-state index in [0.29, 0.717) is 23.2 Å². The van der Waals surface area contributed by atoms with Crippen LogP contribution < -0.4 is 16.4 Å². The third-order valence-corrected chi connectivity index (χ3v) is 3.48. The third kappa shape index (κ3) is 4.62. The van der Waals surface area contributed by atoms with E-state index in [0.717, 1.165) is 5.56 Å². The van der Waals surface area contributed by atoms with Crippen molar-refractivity contribution >= 4 is 29.1 Å². The van der Waals surface area contributed by atoms with Crippen LogP contribution in [-0.2, 0) is 6.54 Å². The molecule has 118 valence electrons. The van der Waals surface area contributed by atoms with E-state index in [9.17, 15) is 9.59 Å². The average molecular weight is 327 g/mol. The Labute approximate surface area is 139 Å². The Morgan fingerprint density at radius 3 is 2.57 bits per heavy atom. The van der Waals surface area contributed by atoms with Gasteiger partial charge in [-0.3, -0.25) is 14.9 Å². The highest BCUT2D eigenvalue weighted by atomic mass is 32.1. The van der Waals surface area contributed by atoms with Crippen molar-refractivity contribution in [1.82, 2.24) is 10.6 Å². The largest absolute Gasteiger partial charge is 0.366 e. The summed E-state index contributed by atoms with van der Waals surface area (Å²) in [7, 11) is 0. The lowest BCUT2D eigenvalue weighted by molar-refractivity contribution is 0.0973. The second-order valence-corrected chi connectivity index (χ2v) is 5.44. The van der Waals surface area contributed by atoms with Crippen LogP contribution in [0.5, 0.6) is 0 Å². The molecule has 0 saturated carbocycles. The van der Waals surface area contributed by atoms with Crippen LogP contribution in [-0.4, -0.2) is 16.9 Å². The van der Waals surface area contributed by atoms with E-state index < -0.39 is 5.91 Å². The molecule has 0 heterocycles. The molecule has 0 unspecified atom stereocenters. The molecule has 0 atom stereocenters. The molecular weight excluding hydrogens is 310 g/mol. The fourth-order valence-corrected chi connectivity index (χ4v) is 2.26. The smallest absolute Gasteiger partial charge is 0.257 e. The molecule has 5 nitrogen and oxygen atoms in total. The number of aryl methyl sites for hydroxylation is 1. The molecule has 2 rings (SSSR count). The van der Waals surface area contributed by atoms with Gasteiger partial charge in [0.1, 0.15) is 0 Å². The van der Waals surface area contributed by atoms with Gasteiger partial charge in [0.2, 0.25) is 5.91 Å². The Balaban J connectivity index is 1.96. The quantitative estimate of drug-likeness (QED) is 0.749. The monoisotopic (exact) mass is 327 g/mol. The van der Waals surface area contributed by atoms with Gasteiger partial charge in [-0.25, -0.2) is 0 Å². The zero-order chi connectivity index (χ0) is 16.8. The maximum Gasteiger partial charge on any atom is 0.257 e. The number of hydrogen-bond donors (Lipinski definition) is 3. The summed E-state index contributed by atoms with van der Waals surface area (Å²) in [6.07, 6.45) is 0.